The van der Waals surface area contributed by atoms with Crippen molar-refractivity contribution < 1.29 is 0 Å². The van der Waals surface area contributed by atoms with Crippen LogP contribution in [0.2, 0.25) is 0 Å². The van der Waals surface area contributed by atoms with Crippen molar-refractivity contribution in [2.24, 2.45) is 13.0 Å². The van der Waals surface area contributed by atoms with Gasteiger partial charge in [0.1, 0.15) is 5.52 Å². The van der Waals surface area contributed by atoms with Gasteiger partial charge in [0.2, 0.25) is 0 Å². The van der Waals surface area contributed by atoms with E-state index in [2.05, 4.69) is 42.3 Å². The summed E-state index contributed by atoms with van der Waals surface area (Å²) >= 11 is 5.53. The summed E-state index contributed by atoms with van der Waals surface area (Å²) in [7, 11) is 2.00. The molecule has 0 aliphatic heterocycles. The maximum absolute atomic E-state index is 5.53. The Kier molecular flexibility index (Phi) is 4.13. The molecule has 19 heavy (non-hydrogen) atoms. The standard InChI is InChI=1S/C14H24N4S/c1-6-10(7-2)9(4)18-13-12(15-14(18)19)11(8-3)16-17(13)5/h9-10H,6-8H2,1-5H3,(H,15,19). The van der Waals surface area contributed by atoms with Crippen molar-refractivity contribution in [2.75, 3.05) is 0 Å². The number of H-pyrrole nitrogens is 1. The van der Waals surface area contributed by atoms with Crippen LogP contribution in [-0.4, -0.2) is 19.3 Å². The molecule has 1 unspecified atom stereocenters. The highest BCUT2D eigenvalue weighted by Crippen LogP contribution is 2.29. The van der Waals surface area contributed by atoms with Crippen LogP contribution in [0.25, 0.3) is 11.2 Å². The molecule has 0 aliphatic carbocycles. The minimum absolute atomic E-state index is 0.399. The summed E-state index contributed by atoms with van der Waals surface area (Å²) in [6, 6.07) is 0.399. The molecule has 2 heterocycles. The largest absolute Gasteiger partial charge is 0.328 e. The Labute approximate surface area is 119 Å². The molecule has 0 bridgehead atoms. The average Bonchev–Trinajstić information content (AvgIpc) is 2.87. The molecule has 0 fully saturated rings. The van der Waals surface area contributed by atoms with Gasteiger partial charge in [-0.05, 0) is 31.5 Å². The summed E-state index contributed by atoms with van der Waals surface area (Å²) in [5.74, 6) is 0.644. The van der Waals surface area contributed by atoms with Gasteiger partial charge >= 0.3 is 0 Å². The average molecular weight is 280 g/mol. The minimum atomic E-state index is 0.399. The normalized spacial score (nSPS) is 13.6. The van der Waals surface area contributed by atoms with Gasteiger partial charge in [-0.2, -0.15) is 5.10 Å². The van der Waals surface area contributed by atoms with Crippen LogP contribution in [0.3, 0.4) is 0 Å². The number of fused-ring (bicyclic) bond motifs is 1. The van der Waals surface area contributed by atoms with Gasteiger partial charge in [0, 0.05) is 13.1 Å². The summed E-state index contributed by atoms with van der Waals surface area (Å²) in [5.41, 5.74) is 3.33. The SMILES string of the molecule is CCc1nn(C)c2c1[nH]c(=S)n2C(C)C(CC)CC. The van der Waals surface area contributed by atoms with Gasteiger partial charge in [-0.3, -0.25) is 9.25 Å². The highest BCUT2D eigenvalue weighted by Gasteiger charge is 2.22. The van der Waals surface area contributed by atoms with Crippen molar-refractivity contribution in [1.82, 2.24) is 19.3 Å². The number of nitrogens with one attached hydrogen (secondary N) is 1. The van der Waals surface area contributed by atoms with Crippen molar-refractivity contribution >= 4 is 23.4 Å². The molecule has 2 aromatic rings. The highest BCUT2D eigenvalue weighted by atomic mass is 32.1. The molecule has 5 heteroatoms. The van der Waals surface area contributed by atoms with Gasteiger partial charge in [-0.15, -0.1) is 0 Å². The second kappa shape index (κ2) is 5.49. The lowest BCUT2D eigenvalue weighted by Gasteiger charge is -2.23. The first-order valence-corrected chi connectivity index (χ1v) is 7.61. The maximum atomic E-state index is 5.53. The molecule has 1 N–H and O–H groups in total. The number of hydrogen-bond acceptors (Lipinski definition) is 2. The predicted molar refractivity (Wildman–Crippen MR) is 82.0 cm³/mol. The van der Waals surface area contributed by atoms with Crippen molar-refractivity contribution in [3.63, 3.8) is 0 Å². The topological polar surface area (TPSA) is 38.5 Å². The first kappa shape index (κ1) is 14.3. The van der Waals surface area contributed by atoms with Crippen molar-refractivity contribution in [2.45, 2.75) is 53.0 Å². The summed E-state index contributed by atoms with van der Waals surface area (Å²) < 4.78 is 5.02. The Hall–Kier alpha value is -1.10. The summed E-state index contributed by atoms with van der Waals surface area (Å²) in [5, 5.41) is 4.58. The van der Waals surface area contributed by atoms with Gasteiger partial charge in [-0.25, -0.2) is 0 Å². The van der Waals surface area contributed by atoms with E-state index in [4.69, 9.17) is 12.2 Å². The monoisotopic (exact) mass is 280 g/mol. The van der Waals surface area contributed by atoms with Crippen molar-refractivity contribution in [3.8, 4) is 0 Å². The zero-order valence-corrected chi connectivity index (χ0v) is 13.3. The van der Waals surface area contributed by atoms with Crippen LogP contribution in [0.4, 0.5) is 0 Å². The Bertz CT molecular complexity index is 615. The lowest BCUT2D eigenvalue weighted by molar-refractivity contribution is 0.334. The van der Waals surface area contributed by atoms with E-state index in [9.17, 15) is 0 Å². The third-order valence-electron chi connectivity index (χ3n) is 4.24. The first-order chi connectivity index (χ1) is 9.04. The second-order valence-corrected chi connectivity index (χ2v) is 5.63. The Balaban J connectivity index is 2.63. The fourth-order valence-corrected chi connectivity index (χ4v) is 3.40. The quantitative estimate of drug-likeness (QED) is 0.841. The van der Waals surface area contributed by atoms with Crippen LogP contribution in [-0.2, 0) is 13.5 Å². The molecule has 4 nitrogen and oxygen atoms in total. The molecule has 1 atom stereocenters. The molecule has 0 saturated carbocycles. The molecule has 0 radical (unpaired) electrons. The van der Waals surface area contributed by atoms with E-state index in [0.717, 1.165) is 28.0 Å². The fraction of sp³-hybridized carbons (Fsp3) is 0.714. The number of aryl methyl sites for hydroxylation is 2. The molecule has 2 rings (SSSR count). The van der Waals surface area contributed by atoms with Gasteiger partial charge in [0.25, 0.3) is 0 Å². The molecular weight excluding hydrogens is 256 g/mol. The lowest BCUT2D eigenvalue weighted by atomic mass is 9.95. The summed E-state index contributed by atoms with van der Waals surface area (Å²) in [6.45, 7) is 8.89. The van der Waals surface area contributed by atoms with E-state index in [1.54, 1.807) is 0 Å². The third kappa shape index (κ3) is 2.24. The maximum Gasteiger partial charge on any atom is 0.179 e. The van der Waals surface area contributed by atoms with Crippen LogP contribution in [0, 0.1) is 10.7 Å². The van der Waals surface area contributed by atoms with E-state index in [-0.39, 0.29) is 0 Å². The van der Waals surface area contributed by atoms with E-state index in [0.29, 0.717) is 12.0 Å². The number of imidazole rings is 1. The lowest BCUT2D eigenvalue weighted by Crippen LogP contribution is -2.17. The number of rotatable bonds is 5. The number of aromatic amines is 1. The zero-order chi connectivity index (χ0) is 14.2. The van der Waals surface area contributed by atoms with E-state index in [1.165, 1.54) is 12.8 Å². The number of hydrogen-bond donors (Lipinski definition) is 1. The first-order valence-electron chi connectivity index (χ1n) is 7.21. The molecule has 0 amide bonds. The summed E-state index contributed by atoms with van der Waals surface area (Å²) in [6.07, 6.45) is 3.27. The molecule has 0 spiro atoms. The molecule has 0 aromatic carbocycles. The molecule has 2 aromatic heterocycles. The molecule has 0 aliphatic rings. The fourth-order valence-electron chi connectivity index (χ4n) is 3.04. The van der Waals surface area contributed by atoms with Crippen molar-refractivity contribution in [1.29, 1.82) is 0 Å². The van der Waals surface area contributed by atoms with Gasteiger partial charge < -0.3 is 4.98 Å². The molecular formula is C14H24N4S. The Morgan fingerprint density at radius 2 is 1.89 bits per heavy atom. The molecule has 106 valence electrons. The minimum Gasteiger partial charge on any atom is -0.328 e. The van der Waals surface area contributed by atoms with E-state index < -0.39 is 0 Å². The van der Waals surface area contributed by atoms with Crippen LogP contribution in [0.1, 0.15) is 52.3 Å². The highest BCUT2D eigenvalue weighted by molar-refractivity contribution is 7.71. The van der Waals surface area contributed by atoms with Gasteiger partial charge in [-0.1, -0.05) is 33.6 Å². The van der Waals surface area contributed by atoms with Gasteiger partial charge in [0.05, 0.1) is 5.69 Å². The van der Waals surface area contributed by atoms with E-state index in [1.807, 2.05) is 11.7 Å². The third-order valence-corrected chi connectivity index (χ3v) is 4.54. The van der Waals surface area contributed by atoms with Gasteiger partial charge in [0.15, 0.2) is 10.4 Å². The molecule has 0 saturated heterocycles. The smallest absolute Gasteiger partial charge is 0.179 e. The van der Waals surface area contributed by atoms with Crippen LogP contribution in [0.5, 0.6) is 0 Å². The van der Waals surface area contributed by atoms with Crippen LogP contribution in [0.15, 0.2) is 0 Å². The summed E-state index contributed by atoms with van der Waals surface area (Å²) in [4.78, 5) is 3.35. The Morgan fingerprint density at radius 3 is 2.42 bits per heavy atom. The number of aromatic nitrogens is 4. The van der Waals surface area contributed by atoms with Crippen LogP contribution >= 0.6 is 12.2 Å². The number of nitrogens with zero attached hydrogens (tertiary/aromatic N) is 3. The van der Waals surface area contributed by atoms with E-state index >= 15 is 0 Å². The Morgan fingerprint density at radius 1 is 1.26 bits per heavy atom. The predicted octanol–water partition coefficient (Wildman–Crippen LogP) is 3.99. The van der Waals surface area contributed by atoms with Crippen molar-refractivity contribution in [3.05, 3.63) is 10.5 Å². The zero-order valence-electron chi connectivity index (χ0n) is 12.5. The van der Waals surface area contributed by atoms with Crippen LogP contribution < -0.4 is 0 Å². The second-order valence-electron chi connectivity index (χ2n) is 5.24.